The third-order valence-corrected chi connectivity index (χ3v) is 4.82. The van der Waals surface area contributed by atoms with E-state index in [1.54, 1.807) is 0 Å². The highest BCUT2D eigenvalue weighted by Gasteiger charge is 2.41. The van der Waals surface area contributed by atoms with Crippen molar-refractivity contribution in [3.63, 3.8) is 0 Å². The predicted molar refractivity (Wildman–Crippen MR) is 71.7 cm³/mol. The SMILES string of the molecule is O=C1Nc2ccccc2N2CCC3CC(C3)CC12. The lowest BCUT2D eigenvalue weighted by atomic mass is 9.69. The molecule has 94 valence electrons. The zero-order chi connectivity index (χ0) is 12.1. The number of hydrogen-bond acceptors (Lipinski definition) is 2. The molecule has 2 bridgehead atoms. The third kappa shape index (κ3) is 1.46. The van der Waals surface area contributed by atoms with Crippen molar-refractivity contribution < 1.29 is 4.79 Å². The summed E-state index contributed by atoms with van der Waals surface area (Å²) in [6.45, 7) is 1.03. The molecule has 2 saturated heterocycles. The quantitative estimate of drug-likeness (QED) is 0.758. The Morgan fingerprint density at radius 2 is 1.94 bits per heavy atom. The minimum Gasteiger partial charge on any atom is -0.358 e. The number of anilines is 2. The number of rotatable bonds is 0. The van der Waals surface area contributed by atoms with E-state index in [2.05, 4.69) is 22.3 Å². The number of benzene rings is 1. The van der Waals surface area contributed by atoms with Gasteiger partial charge in [-0.2, -0.15) is 0 Å². The van der Waals surface area contributed by atoms with Crippen LogP contribution in [0, 0.1) is 11.8 Å². The Balaban J connectivity index is 1.73. The van der Waals surface area contributed by atoms with Gasteiger partial charge in [-0.1, -0.05) is 12.1 Å². The molecular weight excluding hydrogens is 224 g/mol. The highest BCUT2D eigenvalue weighted by atomic mass is 16.2. The van der Waals surface area contributed by atoms with Gasteiger partial charge in [0.15, 0.2) is 0 Å². The summed E-state index contributed by atoms with van der Waals surface area (Å²) in [7, 11) is 0. The molecule has 0 radical (unpaired) electrons. The highest BCUT2D eigenvalue weighted by molar-refractivity contribution is 6.03. The summed E-state index contributed by atoms with van der Waals surface area (Å²) in [5.74, 6) is 1.88. The van der Waals surface area contributed by atoms with Gasteiger partial charge in [0.05, 0.1) is 11.4 Å². The summed E-state index contributed by atoms with van der Waals surface area (Å²) >= 11 is 0. The Morgan fingerprint density at radius 3 is 2.83 bits per heavy atom. The fourth-order valence-corrected chi connectivity index (χ4v) is 3.81. The van der Waals surface area contributed by atoms with Crippen LogP contribution in [0.5, 0.6) is 0 Å². The monoisotopic (exact) mass is 242 g/mol. The number of carbonyl (C=O) groups excluding carboxylic acids is 1. The van der Waals surface area contributed by atoms with Crippen LogP contribution in [0.2, 0.25) is 0 Å². The Bertz CT molecular complexity index is 493. The molecule has 1 aliphatic carbocycles. The van der Waals surface area contributed by atoms with E-state index in [4.69, 9.17) is 0 Å². The molecule has 1 atom stereocenters. The first kappa shape index (κ1) is 10.4. The fourth-order valence-electron chi connectivity index (χ4n) is 3.81. The van der Waals surface area contributed by atoms with E-state index in [-0.39, 0.29) is 11.9 Å². The van der Waals surface area contributed by atoms with Gasteiger partial charge < -0.3 is 10.2 Å². The Kier molecular flexibility index (Phi) is 2.16. The van der Waals surface area contributed by atoms with Crippen molar-refractivity contribution in [3.8, 4) is 0 Å². The van der Waals surface area contributed by atoms with Crippen LogP contribution in [0.25, 0.3) is 0 Å². The molecule has 3 nitrogen and oxygen atoms in total. The van der Waals surface area contributed by atoms with Gasteiger partial charge in [-0.15, -0.1) is 0 Å². The van der Waals surface area contributed by atoms with Crippen molar-refractivity contribution in [1.29, 1.82) is 0 Å². The molecule has 1 saturated carbocycles. The lowest BCUT2D eigenvalue weighted by Crippen LogP contribution is -2.52. The lowest BCUT2D eigenvalue weighted by molar-refractivity contribution is -0.118. The third-order valence-electron chi connectivity index (χ3n) is 4.82. The highest BCUT2D eigenvalue weighted by Crippen LogP contribution is 2.44. The van der Waals surface area contributed by atoms with Crippen LogP contribution in [-0.2, 0) is 4.79 Å². The predicted octanol–water partition coefficient (Wildman–Crippen LogP) is 2.63. The first-order valence-electron chi connectivity index (χ1n) is 6.98. The number of amides is 1. The fraction of sp³-hybridized carbons (Fsp3) is 0.533. The minimum absolute atomic E-state index is 0.0612. The number of nitrogens with zero attached hydrogens (tertiary/aromatic N) is 1. The second-order valence-corrected chi connectivity index (χ2v) is 5.94. The van der Waals surface area contributed by atoms with Crippen LogP contribution in [0.15, 0.2) is 24.3 Å². The molecule has 1 aromatic rings. The molecular formula is C15H18N2O. The molecule has 1 unspecified atom stereocenters. The van der Waals surface area contributed by atoms with Crippen LogP contribution >= 0.6 is 0 Å². The van der Waals surface area contributed by atoms with Gasteiger partial charge in [0, 0.05) is 6.54 Å². The maximum Gasteiger partial charge on any atom is 0.247 e. The molecule has 18 heavy (non-hydrogen) atoms. The summed E-state index contributed by atoms with van der Waals surface area (Å²) in [6, 6.07) is 8.25. The molecule has 4 aliphatic rings. The Morgan fingerprint density at radius 1 is 1.11 bits per heavy atom. The van der Waals surface area contributed by atoms with Crippen LogP contribution in [0.1, 0.15) is 25.7 Å². The van der Waals surface area contributed by atoms with E-state index in [0.717, 1.165) is 30.5 Å². The molecule has 3 fully saturated rings. The summed E-state index contributed by atoms with van der Waals surface area (Å²) in [6.07, 6.45) is 4.98. The van der Waals surface area contributed by atoms with Gasteiger partial charge >= 0.3 is 0 Å². The molecule has 3 aliphatic heterocycles. The maximum absolute atomic E-state index is 12.3. The molecule has 1 N–H and O–H groups in total. The summed E-state index contributed by atoms with van der Waals surface area (Å²) in [5.41, 5.74) is 2.19. The molecule has 3 heteroatoms. The summed E-state index contributed by atoms with van der Waals surface area (Å²) in [5, 5.41) is 3.06. The first-order chi connectivity index (χ1) is 8.81. The van der Waals surface area contributed by atoms with Crippen molar-refractivity contribution in [1.82, 2.24) is 0 Å². The minimum atomic E-state index is 0.0612. The molecule has 3 heterocycles. The average molecular weight is 242 g/mol. The van der Waals surface area contributed by atoms with Crippen LogP contribution < -0.4 is 10.2 Å². The van der Waals surface area contributed by atoms with Crippen molar-refractivity contribution in [2.24, 2.45) is 11.8 Å². The largest absolute Gasteiger partial charge is 0.358 e. The Hall–Kier alpha value is -1.51. The van der Waals surface area contributed by atoms with Crippen molar-refractivity contribution in [2.45, 2.75) is 31.7 Å². The topological polar surface area (TPSA) is 32.3 Å². The average Bonchev–Trinajstić information content (AvgIpc) is 2.27. The second kappa shape index (κ2) is 3.74. The molecule has 0 spiro atoms. The van der Waals surface area contributed by atoms with E-state index in [0.29, 0.717) is 0 Å². The van der Waals surface area contributed by atoms with Gasteiger partial charge in [0.25, 0.3) is 0 Å². The van der Waals surface area contributed by atoms with E-state index in [1.165, 1.54) is 24.9 Å². The molecule has 1 aromatic carbocycles. The van der Waals surface area contributed by atoms with Crippen molar-refractivity contribution in [3.05, 3.63) is 24.3 Å². The van der Waals surface area contributed by atoms with Crippen molar-refractivity contribution in [2.75, 3.05) is 16.8 Å². The molecule has 5 rings (SSSR count). The summed E-state index contributed by atoms with van der Waals surface area (Å²) < 4.78 is 0. The number of para-hydroxylation sites is 2. The van der Waals surface area contributed by atoms with Gasteiger partial charge in [-0.3, -0.25) is 4.79 Å². The van der Waals surface area contributed by atoms with Gasteiger partial charge in [0.2, 0.25) is 5.91 Å². The zero-order valence-corrected chi connectivity index (χ0v) is 10.4. The number of fused-ring (bicyclic) bond motifs is 2. The van der Waals surface area contributed by atoms with Crippen LogP contribution in [0.4, 0.5) is 11.4 Å². The maximum atomic E-state index is 12.3. The second-order valence-electron chi connectivity index (χ2n) is 5.94. The van der Waals surface area contributed by atoms with Crippen LogP contribution in [-0.4, -0.2) is 18.5 Å². The number of hydrogen-bond donors (Lipinski definition) is 1. The smallest absolute Gasteiger partial charge is 0.247 e. The van der Waals surface area contributed by atoms with Crippen LogP contribution in [0.3, 0.4) is 0 Å². The molecule has 0 aromatic heterocycles. The van der Waals surface area contributed by atoms with Crippen molar-refractivity contribution >= 4 is 17.3 Å². The number of carbonyl (C=O) groups is 1. The summed E-state index contributed by atoms with van der Waals surface area (Å²) in [4.78, 5) is 14.6. The standard InChI is InChI=1S/C15H18N2O/c18-15-14-9-11-7-10(8-11)5-6-17(14)13-4-2-1-3-12(13)16-15/h1-4,10-11,14H,5-9H2,(H,16,18). The van der Waals surface area contributed by atoms with Gasteiger partial charge in [0.1, 0.15) is 6.04 Å². The normalized spacial score (nSPS) is 33.4. The van der Waals surface area contributed by atoms with E-state index in [1.807, 2.05) is 12.1 Å². The van der Waals surface area contributed by atoms with E-state index in [9.17, 15) is 4.79 Å². The van der Waals surface area contributed by atoms with E-state index < -0.39 is 0 Å². The van der Waals surface area contributed by atoms with Gasteiger partial charge in [-0.25, -0.2) is 0 Å². The Labute approximate surface area is 107 Å². The van der Waals surface area contributed by atoms with Gasteiger partial charge in [-0.05, 0) is 49.7 Å². The lowest BCUT2D eigenvalue weighted by Gasteiger charge is -2.47. The van der Waals surface area contributed by atoms with E-state index >= 15 is 0 Å². The zero-order valence-electron chi connectivity index (χ0n) is 10.4. The number of nitrogens with one attached hydrogen (secondary N) is 1. The first-order valence-corrected chi connectivity index (χ1v) is 6.98. The molecule has 1 amide bonds.